The lowest BCUT2D eigenvalue weighted by molar-refractivity contribution is 2.22. The Balaban J connectivity index is 2.12. The second-order valence-electron chi connectivity index (χ2n) is 3.09. The van der Waals surface area contributed by atoms with Gasteiger partial charge < -0.3 is 0 Å². The summed E-state index contributed by atoms with van der Waals surface area (Å²) in [4.78, 5) is 0. The molecule has 0 N–H and O–H groups in total. The Morgan fingerprint density at radius 1 is 0.700 bits per heavy atom. The molecule has 112 valence electrons. The van der Waals surface area contributed by atoms with Crippen molar-refractivity contribution in [2.75, 3.05) is 22.7 Å². The Labute approximate surface area is 165 Å². The van der Waals surface area contributed by atoms with Crippen molar-refractivity contribution in [3.63, 3.8) is 0 Å². The van der Waals surface area contributed by atoms with Gasteiger partial charge in [-0.1, -0.05) is 47.0 Å². The molecule has 0 saturated carbocycles. The molecule has 0 aromatic rings. The van der Waals surface area contributed by atoms with Crippen LogP contribution in [-0.4, -0.2) is 22.7 Å². The van der Waals surface area contributed by atoms with E-state index in [0.717, 1.165) is 10.2 Å². The molecule has 0 aromatic carbocycles. The normalized spacial score (nSPS) is 19.8. The van der Waals surface area contributed by atoms with Crippen LogP contribution in [-0.2, 0) is 0 Å². The van der Waals surface area contributed by atoms with Gasteiger partial charge in [0.15, 0.2) is 0 Å². The van der Waals surface area contributed by atoms with Crippen molar-refractivity contribution in [1.82, 2.24) is 0 Å². The third-order valence-electron chi connectivity index (χ3n) is 2.00. The van der Waals surface area contributed by atoms with Gasteiger partial charge in [0.2, 0.25) is 0 Å². The molecule has 2 aliphatic heterocycles. The van der Waals surface area contributed by atoms with Crippen LogP contribution in [0.3, 0.4) is 0 Å². The monoisotopic (exact) mass is 452 g/mol. The van der Waals surface area contributed by atoms with E-state index in [0.29, 0.717) is 0 Å². The summed E-state index contributed by atoms with van der Waals surface area (Å²) in [6.07, 6.45) is 4.31. The molecular formula is C10H12S10. The number of rotatable bonds is 6. The highest BCUT2D eigenvalue weighted by Crippen LogP contribution is 2.65. The minimum atomic E-state index is 0.826. The lowest BCUT2D eigenvalue weighted by Crippen LogP contribution is -1.69. The van der Waals surface area contributed by atoms with Crippen LogP contribution in [0.1, 0.15) is 0 Å². The van der Waals surface area contributed by atoms with E-state index in [1.165, 1.54) is 25.4 Å². The maximum atomic E-state index is 4.34. The highest BCUT2D eigenvalue weighted by Gasteiger charge is 2.29. The van der Waals surface area contributed by atoms with Gasteiger partial charge in [0.1, 0.15) is 0 Å². The smallest absolute Gasteiger partial charge is 0.0717 e. The number of thioether (sulfide) groups is 8. The predicted octanol–water partition coefficient (Wildman–Crippen LogP) is 7.29. The van der Waals surface area contributed by atoms with Gasteiger partial charge in [-0.05, 0) is 12.5 Å². The van der Waals surface area contributed by atoms with Gasteiger partial charge in [-0.25, -0.2) is 0 Å². The molecule has 2 rings (SSSR count). The fraction of sp³-hybridized carbons (Fsp3) is 0.400. The lowest BCUT2D eigenvalue weighted by atomic mass is 11.2. The highest BCUT2D eigenvalue weighted by molar-refractivity contribution is 8.45. The summed E-state index contributed by atoms with van der Waals surface area (Å²) in [5.41, 5.74) is 0. The molecule has 0 unspecified atom stereocenters. The van der Waals surface area contributed by atoms with Crippen LogP contribution >= 0.6 is 119 Å². The standard InChI is InChI=1S/C10H12S10/c1-13-5-6(14-2)18-9(17-5)10-19-7(15-3-11)8(20-10)16-4-12/h11-12H,3-4H2,1-2H3. The van der Waals surface area contributed by atoms with Crippen LogP contribution in [0.15, 0.2) is 25.4 Å². The number of thiol groups is 2. The van der Waals surface area contributed by atoms with Crippen molar-refractivity contribution in [2.45, 2.75) is 0 Å². The summed E-state index contributed by atoms with van der Waals surface area (Å²) in [5.74, 6) is 0. The summed E-state index contributed by atoms with van der Waals surface area (Å²) < 4.78 is 8.49. The summed E-state index contributed by atoms with van der Waals surface area (Å²) >= 11 is 23.7. The maximum absolute atomic E-state index is 4.34. The average Bonchev–Trinajstić information content (AvgIpc) is 3.03. The Bertz CT molecular complexity index is 425. The van der Waals surface area contributed by atoms with Crippen LogP contribution in [0.25, 0.3) is 0 Å². The molecule has 2 heterocycles. The predicted molar refractivity (Wildman–Crippen MR) is 121 cm³/mol. The molecule has 0 atom stereocenters. The van der Waals surface area contributed by atoms with E-state index < -0.39 is 0 Å². The Morgan fingerprint density at radius 3 is 1.35 bits per heavy atom. The van der Waals surface area contributed by atoms with Gasteiger partial charge in [0.05, 0.1) is 25.4 Å². The molecule has 0 fully saturated rings. The fourth-order valence-electron chi connectivity index (χ4n) is 1.26. The summed E-state index contributed by atoms with van der Waals surface area (Å²) in [6.45, 7) is 0. The molecule has 0 spiro atoms. The van der Waals surface area contributed by atoms with Gasteiger partial charge in [0.25, 0.3) is 0 Å². The molecule has 2 aliphatic rings. The van der Waals surface area contributed by atoms with Gasteiger partial charge in [-0.2, -0.15) is 25.3 Å². The second-order valence-corrected chi connectivity index (χ2v) is 13.8. The summed E-state index contributed by atoms with van der Waals surface area (Å²) in [5, 5.41) is 1.65. The Hall–Kier alpha value is 2.72. The van der Waals surface area contributed by atoms with Crippen molar-refractivity contribution in [3.8, 4) is 0 Å². The van der Waals surface area contributed by atoms with Crippen molar-refractivity contribution in [1.29, 1.82) is 0 Å². The van der Waals surface area contributed by atoms with Crippen LogP contribution in [0, 0.1) is 0 Å². The van der Waals surface area contributed by atoms with Crippen LogP contribution < -0.4 is 0 Å². The SMILES string of the molecule is CSC1=C(SC)SC(=C2SC(SCS)=C(SCS)S2)S1. The zero-order chi connectivity index (χ0) is 14.5. The van der Waals surface area contributed by atoms with Crippen LogP contribution in [0.4, 0.5) is 0 Å². The molecule has 0 nitrogen and oxygen atoms in total. The quantitative estimate of drug-likeness (QED) is 0.314. The molecule has 0 aromatic heterocycles. The van der Waals surface area contributed by atoms with E-state index in [1.807, 2.05) is 94.1 Å². The Morgan fingerprint density at radius 2 is 1.05 bits per heavy atom. The van der Waals surface area contributed by atoms with Gasteiger partial charge >= 0.3 is 0 Å². The first-order valence-corrected chi connectivity index (χ1v) is 14.2. The van der Waals surface area contributed by atoms with Crippen LogP contribution in [0.5, 0.6) is 0 Å². The molecule has 0 aliphatic carbocycles. The topological polar surface area (TPSA) is 0 Å². The van der Waals surface area contributed by atoms with E-state index in [2.05, 4.69) is 37.8 Å². The van der Waals surface area contributed by atoms with E-state index in [1.54, 1.807) is 0 Å². The molecule has 10 heteroatoms. The van der Waals surface area contributed by atoms with E-state index in [4.69, 9.17) is 0 Å². The first-order valence-electron chi connectivity index (χ1n) is 5.23. The molecular weight excluding hydrogens is 441 g/mol. The Kier molecular flexibility index (Phi) is 9.41. The second kappa shape index (κ2) is 9.88. The molecule has 20 heavy (non-hydrogen) atoms. The molecule has 0 saturated heterocycles. The van der Waals surface area contributed by atoms with Crippen molar-refractivity contribution in [2.24, 2.45) is 0 Å². The molecule has 0 bridgehead atoms. The summed E-state index contributed by atoms with van der Waals surface area (Å²) in [7, 11) is 0. The highest BCUT2D eigenvalue weighted by atomic mass is 32.3. The molecule has 0 radical (unpaired) electrons. The van der Waals surface area contributed by atoms with Crippen molar-refractivity contribution in [3.05, 3.63) is 25.4 Å². The maximum Gasteiger partial charge on any atom is 0.0717 e. The zero-order valence-corrected chi connectivity index (χ0v) is 18.9. The average molecular weight is 453 g/mol. The van der Waals surface area contributed by atoms with E-state index in [9.17, 15) is 0 Å². The van der Waals surface area contributed by atoms with Crippen molar-refractivity contribution >= 4 is 119 Å². The first kappa shape index (κ1) is 19.1. The van der Waals surface area contributed by atoms with Gasteiger partial charge in [0, 0.05) is 10.2 Å². The minimum absolute atomic E-state index is 0.826. The van der Waals surface area contributed by atoms with Gasteiger partial charge in [-0.3, -0.25) is 0 Å². The zero-order valence-electron chi connectivity index (χ0n) is 10.6. The fourth-order valence-corrected chi connectivity index (χ4v) is 12.9. The minimum Gasteiger partial charge on any atom is -0.168 e. The number of hydrogen-bond donors (Lipinski definition) is 2. The largest absolute Gasteiger partial charge is 0.168 e. The lowest BCUT2D eigenvalue weighted by Gasteiger charge is -2.01. The third-order valence-corrected chi connectivity index (χ3v) is 13.5. The van der Waals surface area contributed by atoms with Crippen molar-refractivity contribution < 1.29 is 0 Å². The van der Waals surface area contributed by atoms with E-state index >= 15 is 0 Å². The van der Waals surface area contributed by atoms with Crippen LogP contribution in [0.2, 0.25) is 0 Å². The van der Waals surface area contributed by atoms with Gasteiger partial charge in [-0.15, -0.1) is 47.0 Å². The summed E-state index contributed by atoms with van der Waals surface area (Å²) in [6, 6.07) is 0. The third kappa shape index (κ3) is 4.86. The van der Waals surface area contributed by atoms with E-state index in [-0.39, 0.29) is 0 Å². The molecule has 0 amide bonds. The first-order chi connectivity index (χ1) is 9.73. The number of hydrogen-bond acceptors (Lipinski definition) is 10.